The second-order valence-electron chi connectivity index (χ2n) is 4.68. The third-order valence-corrected chi connectivity index (χ3v) is 2.18. The van der Waals surface area contributed by atoms with E-state index in [0.717, 1.165) is 12.7 Å². The molecule has 0 N–H and O–H groups in total. The summed E-state index contributed by atoms with van der Waals surface area (Å²) in [6, 6.07) is 0. The normalized spacial score (nSPS) is 29.2. The lowest BCUT2D eigenvalue weighted by atomic mass is 9.90. The van der Waals surface area contributed by atoms with Gasteiger partial charge in [0.2, 0.25) is 0 Å². The van der Waals surface area contributed by atoms with Gasteiger partial charge in [0, 0.05) is 6.61 Å². The SMILES string of the molecule is CC(C)(C)OCC1(C=O)CCOC1. The van der Waals surface area contributed by atoms with Gasteiger partial charge in [-0.05, 0) is 27.2 Å². The maximum Gasteiger partial charge on any atom is 0.130 e. The highest BCUT2D eigenvalue weighted by molar-refractivity contribution is 5.60. The molecule has 1 atom stereocenters. The molecule has 3 nitrogen and oxygen atoms in total. The molecule has 0 aliphatic carbocycles. The zero-order valence-electron chi connectivity index (χ0n) is 8.63. The van der Waals surface area contributed by atoms with E-state index in [-0.39, 0.29) is 11.0 Å². The van der Waals surface area contributed by atoms with Crippen LogP contribution in [0.1, 0.15) is 27.2 Å². The van der Waals surface area contributed by atoms with Crippen LogP contribution >= 0.6 is 0 Å². The Kier molecular flexibility index (Phi) is 3.09. The minimum absolute atomic E-state index is 0.182. The molecular formula is C10H18O3. The third-order valence-electron chi connectivity index (χ3n) is 2.18. The molecule has 0 bridgehead atoms. The monoisotopic (exact) mass is 186 g/mol. The second-order valence-corrected chi connectivity index (χ2v) is 4.68. The minimum Gasteiger partial charge on any atom is -0.380 e. The molecular weight excluding hydrogens is 168 g/mol. The lowest BCUT2D eigenvalue weighted by Gasteiger charge is -2.26. The number of hydrogen-bond acceptors (Lipinski definition) is 3. The first kappa shape index (κ1) is 10.7. The standard InChI is InChI=1S/C10H18O3/c1-9(2,3)13-8-10(6-11)4-5-12-7-10/h6H,4-5,7-8H2,1-3H3. The summed E-state index contributed by atoms with van der Waals surface area (Å²) < 4.78 is 10.8. The van der Waals surface area contributed by atoms with Crippen LogP contribution in [0.15, 0.2) is 0 Å². The summed E-state index contributed by atoms with van der Waals surface area (Å²) in [5, 5.41) is 0. The van der Waals surface area contributed by atoms with Crippen molar-refractivity contribution in [2.75, 3.05) is 19.8 Å². The molecule has 13 heavy (non-hydrogen) atoms. The Morgan fingerprint density at radius 2 is 2.23 bits per heavy atom. The Labute approximate surface area is 79.4 Å². The lowest BCUT2D eigenvalue weighted by Crippen LogP contribution is -2.33. The molecule has 0 aromatic heterocycles. The van der Waals surface area contributed by atoms with Crippen molar-refractivity contribution in [3.05, 3.63) is 0 Å². The van der Waals surface area contributed by atoms with E-state index in [2.05, 4.69) is 0 Å². The first-order chi connectivity index (χ1) is 5.97. The first-order valence-corrected chi connectivity index (χ1v) is 4.66. The van der Waals surface area contributed by atoms with Crippen molar-refractivity contribution >= 4 is 6.29 Å². The van der Waals surface area contributed by atoms with Gasteiger partial charge in [-0.15, -0.1) is 0 Å². The molecule has 1 unspecified atom stereocenters. The van der Waals surface area contributed by atoms with Gasteiger partial charge in [0.25, 0.3) is 0 Å². The topological polar surface area (TPSA) is 35.5 Å². The number of rotatable bonds is 3. The van der Waals surface area contributed by atoms with Crippen molar-refractivity contribution in [3.8, 4) is 0 Å². The molecule has 0 saturated carbocycles. The molecule has 0 aromatic rings. The van der Waals surface area contributed by atoms with Crippen molar-refractivity contribution in [2.24, 2.45) is 5.41 Å². The van der Waals surface area contributed by atoms with Crippen LogP contribution in [0.2, 0.25) is 0 Å². The predicted octanol–water partition coefficient (Wildman–Crippen LogP) is 1.41. The maximum atomic E-state index is 10.9. The van der Waals surface area contributed by atoms with E-state index in [4.69, 9.17) is 9.47 Å². The van der Waals surface area contributed by atoms with Crippen LogP contribution in [-0.4, -0.2) is 31.7 Å². The molecule has 1 aliphatic heterocycles. The van der Waals surface area contributed by atoms with Crippen molar-refractivity contribution in [1.82, 2.24) is 0 Å². The number of hydrogen-bond donors (Lipinski definition) is 0. The fourth-order valence-corrected chi connectivity index (χ4v) is 1.22. The lowest BCUT2D eigenvalue weighted by molar-refractivity contribution is -0.124. The van der Waals surface area contributed by atoms with Gasteiger partial charge in [-0.25, -0.2) is 0 Å². The van der Waals surface area contributed by atoms with E-state index in [0.29, 0.717) is 19.8 Å². The average molecular weight is 186 g/mol. The molecule has 76 valence electrons. The molecule has 1 heterocycles. The van der Waals surface area contributed by atoms with Gasteiger partial charge >= 0.3 is 0 Å². The number of carbonyl (C=O) groups excluding carboxylic acids is 1. The predicted molar refractivity (Wildman–Crippen MR) is 49.6 cm³/mol. The Morgan fingerprint density at radius 3 is 2.62 bits per heavy atom. The van der Waals surface area contributed by atoms with Gasteiger partial charge < -0.3 is 14.3 Å². The summed E-state index contributed by atoms with van der Waals surface area (Å²) in [6.45, 7) is 7.61. The first-order valence-electron chi connectivity index (χ1n) is 4.66. The number of ether oxygens (including phenoxy) is 2. The van der Waals surface area contributed by atoms with Crippen molar-refractivity contribution in [1.29, 1.82) is 0 Å². The average Bonchev–Trinajstić information content (AvgIpc) is 2.49. The molecule has 0 spiro atoms. The summed E-state index contributed by atoms with van der Waals surface area (Å²) in [5.74, 6) is 0. The van der Waals surface area contributed by atoms with E-state index in [9.17, 15) is 4.79 Å². The van der Waals surface area contributed by atoms with E-state index in [1.54, 1.807) is 0 Å². The van der Waals surface area contributed by atoms with Crippen LogP contribution in [0.5, 0.6) is 0 Å². The van der Waals surface area contributed by atoms with Gasteiger partial charge in [-0.3, -0.25) is 0 Å². The van der Waals surface area contributed by atoms with Gasteiger partial charge in [-0.2, -0.15) is 0 Å². The fourth-order valence-electron chi connectivity index (χ4n) is 1.22. The van der Waals surface area contributed by atoms with Crippen molar-refractivity contribution in [3.63, 3.8) is 0 Å². The van der Waals surface area contributed by atoms with Crippen molar-refractivity contribution in [2.45, 2.75) is 32.8 Å². The quantitative estimate of drug-likeness (QED) is 0.625. The Balaban J connectivity index is 2.45. The highest BCUT2D eigenvalue weighted by Gasteiger charge is 2.36. The molecule has 0 radical (unpaired) electrons. The summed E-state index contributed by atoms with van der Waals surface area (Å²) in [6.07, 6.45) is 1.76. The number of carbonyl (C=O) groups is 1. The van der Waals surface area contributed by atoms with Crippen LogP contribution in [0.3, 0.4) is 0 Å². The minimum atomic E-state index is -0.382. The summed E-state index contributed by atoms with van der Waals surface area (Å²) >= 11 is 0. The van der Waals surface area contributed by atoms with Crippen LogP contribution in [-0.2, 0) is 14.3 Å². The van der Waals surface area contributed by atoms with Crippen molar-refractivity contribution < 1.29 is 14.3 Å². The fraction of sp³-hybridized carbons (Fsp3) is 0.900. The summed E-state index contributed by atoms with van der Waals surface area (Å²) in [7, 11) is 0. The Bertz CT molecular complexity index is 175. The highest BCUT2D eigenvalue weighted by atomic mass is 16.5. The van der Waals surface area contributed by atoms with Crippen LogP contribution < -0.4 is 0 Å². The molecule has 1 saturated heterocycles. The molecule has 1 fully saturated rings. The zero-order chi connectivity index (χ0) is 9.95. The summed E-state index contributed by atoms with van der Waals surface area (Å²) in [5.41, 5.74) is -0.564. The van der Waals surface area contributed by atoms with E-state index < -0.39 is 0 Å². The molecule has 1 aliphatic rings. The van der Waals surface area contributed by atoms with Gasteiger partial charge in [-0.1, -0.05) is 0 Å². The van der Waals surface area contributed by atoms with Gasteiger partial charge in [0.1, 0.15) is 6.29 Å². The van der Waals surface area contributed by atoms with Gasteiger partial charge in [0.15, 0.2) is 0 Å². The van der Waals surface area contributed by atoms with E-state index >= 15 is 0 Å². The van der Waals surface area contributed by atoms with E-state index in [1.807, 2.05) is 20.8 Å². The third kappa shape index (κ3) is 3.08. The smallest absolute Gasteiger partial charge is 0.130 e. The highest BCUT2D eigenvalue weighted by Crippen LogP contribution is 2.28. The zero-order valence-corrected chi connectivity index (χ0v) is 8.63. The second kappa shape index (κ2) is 3.76. The molecule has 1 rings (SSSR count). The van der Waals surface area contributed by atoms with E-state index in [1.165, 1.54) is 0 Å². The molecule has 0 aromatic carbocycles. The van der Waals surface area contributed by atoms with Crippen LogP contribution in [0.4, 0.5) is 0 Å². The Hall–Kier alpha value is -0.410. The molecule has 3 heteroatoms. The maximum absolute atomic E-state index is 10.9. The van der Waals surface area contributed by atoms with Crippen LogP contribution in [0, 0.1) is 5.41 Å². The number of aldehydes is 1. The summed E-state index contributed by atoms with van der Waals surface area (Å²) in [4.78, 5) is 10.9. The molecule has 0 amide bonds. The largest absolute Gasteiger partial charge is 0.380 e. The Morgan fingerprint density at radius 1 is 1.54 bits per heavy atom. The van der Waals surface area contributed by atoms with Gasteiger partial charge in [0.05, 0.1) is 24.2 Å². The van der Waals surface area contributed by atoms with Crippen LogP contribution in [0.25, 0.3) is 0 Å².